The molecule has 4 nitrogen and oxygen atoms in total. The van der Waals surface area contributed by atoms with Crippen molar-refractivity contribution in [2.24, 2.45) is 0 Å². The number of carbonyl (C=O) groups excluding carboxylic acids is 1. The largest absolute Gasteiger partial charge is 0.449 e. The molecule has 2 heterocycles. The zero-order valence-corrected chi connectivity index (χ0v) is 7.80. The maximum absolute atomic E-state index is 11.5. The average molecular weight is 190 g/mol. The molecule has 0 aromatic heterocycles. The van der Waals surface area contributed by atoms with Gasteiger partial charge in [0, 0.05) is 18.0 Å². The van der Waals surface area contributed by atoms with E-state index < -0.39 is 6.09 Å². The zero-order chi connectivity index (χ0) is 9.97. The van der Waals surface area contributed by atoms with E-state index in [2.05, 4.69) is 4.98 Å². The Balaban J connectivity index is 2.43. The predicted molar refractivity (Wildman–Crippen MR) is 51.3 cm³/mol. The first kappa shape index (κ1) is 8.74. The summed E-state index contributed by atoms with van der Waals surface area (Å²) in [5, 5.41) is 0. The molecule has 0 N–H and O–H groups in total. The van der Waals surface area contributed by atoms with Crippen molar-refractivity contribution >= 4 is 6.09 Å². The van der Waals surface area contributed by atoms with Crippen LogP contribution in [0.2, 0.25) is 0 Å². The normalized spacial score (nSPS) is 10.4. The van der Waals surface area contributed by atoms with Crippen molar-refractivity contribution in [3.63, 3.8) is 0 Å². The number of pyridine rings is 1. The Bertz CT molecular complexity index is 422. The molecule has 0 atom stereocenters. The van der Waals surface area contributed by atoms with Crippen LogP contribution in [0.15, 0.2) is 30.6 Å². The van der Waals surface area contributed by atoms with Crippen LogP contribution >= 0.6 is 0 Å². The first-order valence-corrected chi connectivity index (χ1v) is 4.42. The van der Waals surface area contributed by atoms with Crippen LogP contribution in [0.1, 0.15) is 6.92 Å². The molecule has 0 fully saturated rings. The van der Waals surface area contributed by atoms with Gasteiger partial charge in [0.15, 0.2) is 0 Å². The van der Waals surface area contributed by atoms with E-state index in [1.807, 2.05) is 12.1 Å². The maximum atomic E-state index is 11.5. The van der Waals surface area contributed by atoms with Gasteiger partial charge in [0.2, 0.25) is 0 Å². The van der Waals surface area contributed by atoms with E-state index in [0.717, 1.165) is 5.56 Å². The molecule has 0 amide bonds. The van der Waals surface area contributed by atoms with Crippen LogP contribution in [0.25, 0.3) is 11.4 Å². The van der Waals surface area contributed by atoms with Gasteiger partial charge in [-0.2, -0.15) is 0 Å². The van der Waals surface area contributed by atoms with Gasteiger partial charge in [0.25, 0.3) is 0 Å². The highest BCUT2D eigenvalue weighted by molar-refractivity contribution is 5.77. The molecule has 0 saturated carbocycles. The quantitative estimate of drug-likeness (QED) is 0.690. The number of hydrogen-bond donors (Lipinski definition) is 0. The third-order valence-corrected chi connectivity index (χ3v) is 1.91. The van der Waals surface area contributed by atoms with Crippen LogP contribution in [-0.2, 0) is 4.74 Å². The van der Waals surface area contributed by atoms with Gasteiger partial charge in [-0.15, -0.1) is 0 Å². The van der Waals surface area contributed by atoms with Crippen molar-refractivity contribution < 1.29 is 9.53 Å². The molecular weight excluding hydrogens is 180 g/mol. The summed E-state index contributed by atoms with van der Waals surface area (Å²) >= 11 is 0. The van der Waals surface area contributed by atoms with Crippen LogP contribution in [0.5, 0.6) is 0 Å². The van der Waals surface area contributed by atoms with Crippen LogP contribution in [0.4, 0.5) is 4.79 Å². The summed E-state index contributed by atoms with van der Waals surface area (Å²) in [6, 6.07) is 5.55. The Kier molecular flexibility index (Phi) is 2.18. The SMILES string of the molecule is CCOC(=O)n1cccc2ccnc1-2. The summed E-state index contributed by atoms with van der Waals surface area (Å²) in [6.07, 6.45) is 2.92. The van der Waals surface area contributed by atoms with E-state index in [4.69, 9.17) is 4.74 Å². The molecule has 0 bridgehead atoms. The fraction of sp³-hybridized carbons (Fsp3) is 0.200. The van der Waals surface area contributed by atoms with Gasteiger partial charge in [0.05, 0.1) is 6.61 Å². The Hall–Kier alpha value is -1.84. The maximum Gasteiger partial charge on any atom is 0.419 e. The predicted octanol–water partition coefficient (Wildman–Crippen LogP) is 1.99. The summed E-state index contributed by atoms with van der Waals surface area (Å²) < 4.78 is 6.29. The molecule has 0 aliphatic carbocycles. The van der Waals surface area contributed by atoms with Crippen molar-refractivity contribution in [3.8, 4) is 11.4 Å². The number of hydrogen-bond acceptors (Lipinski definition) is 3. The Labute approximate surface area is 81.5 Å². The van der Waals surface area contributed by atoms with Gasteiger partial charge < -0.3 is 4.74 Å². The van der Waals surface area contributed by atoms with E-state index in [-0.39, 0.29) is 0 Å². The molecule has 0 aromatic rings. The van der Waals surface area contributed by atoms with E-state index in [0.29, 0.717) is 12.4 Å². The molecule has 2 aliphatic heterocycles. The minimum atomic E-state index is -0.392. The van der Waals surface area contributed by atoms with Gasteiger partial charge in [0.1, 0.15) is 5.82 Å². The monoisotopic (exact) mass is 190 g/mol. The summed E-state index contributed by atoms with van der Waals surface area (Å²) in [5.41, 5.74) is 0.931. The molecule has 0 spiro atoms. The van der Waals surface area contributed by atoms with E-state index in [1.165, 1.54) is 4.57 Å². The zero-order valence-electron chi connectivity index (χ0n) is 7.80. The Morgan fingerprint density at radius 1 is 1.57 bits per heavy atom. The lowest BCUT2D eigenvalue weighted by Gasteiger charge is -2.08. The van der Waals surface area contributed by atoms with Crippen molar-refractivity contribution in [2.75, 3.05) is 6.61 Å². The molecule has 2 aliphatic rings. The van der Waals surface area contributed by atoms with Gasteiger partial charge in [-0.3, -0.25) is 0 Å². The molecule has 0 unspecified atom stereocenters. The number of aromatic nitrogens is 2. The first-order valence-electron chi connectivity index (χ1n) is 4.42. The fourth-order valence-corrected chi connectivity index (χ4v) is 1.31. The Morgan fingerprint density at radius 3 is 3.21 bits per heavy atom. The minimum absolute atomic E-state index is 0.364. The molecule has 72 valence electrons. The van der Waals surface area contributed by atoms with E-state index in [1.54, 1.807) is 25.4 Å². The number of fused-ring (bicyclic) bond motifs is 1. The lowest BCUT2D eigenvalue weighted by atomic mass is 10.2. The number of rotatable bonds is 1. The first-order chi connectivity index (χ1) is 6.83. The van der Waals surface area contributed by atoms with Gasteiger partial charge >= 0.3 is 6.09 Å². The Morgan fingerprint density at radius 2 is 2.43 bits per heavy atom. The molecule has 14 heavy (non-hydrogen) atoms. The van der Waals surface area contributed by atoms with Crippen LogP contribution in [-0.4, -0.2) is 22.3 Å². The molecule has 0 radical (unpaired) electrons. The van der Waals surface area contributed by atoms with Crippen molar-refractivity contribution in [1.29, 1.82) is 0 Å². The van der Waals surface area contributed by atoms with Gasteiger partial charge in [-0.05, 0) is 25.1 Å². The number of ether oxygens (including phenoxy) is 1. The number of carbonyl (C=O) groups is 1. The third-order valence-electron chi connectivity index (χ3n) is 1.91. The number of nitrogens with zero attached hydrogens (tertiary/aromatic N) is 2. The van der Waals surface area contributed by atoms with Crippen LogP contribution in [0, 0.1) is 0 Å². The van der Waals surface area contributed by atoms with E-state index in [9.17, 15) is 4.79 Å². The second-order valence-corrected chi connectivity index (χ2v) is 2.80. The lowest BCUT2D eigenvalue weighted by Crippen LogP contribution is -2.15. The van der Waals surface area contributed by atoms with Crippen LogP contribution < -0.4 is 0 Å². The summed E-state index contributed by atoms with van der Waals surface area (Å²) in [6.45, 7) is 2.14. The third kappa shape index (κ3) is 1.35. The molecule has 2 rings (SSSR count). The second kappa shape index (κ2) is 3.49. The van der Waals surface area contributed by atoms with Crippen LogP contribution in [0.3, 0.4) is 0 Å². The molecular formula is C10H10N2O2. The standard InChI is InChI=1S/C10H10N2O2/c1-2-14-10(13)12-7-3-4-8-5-6-11-9(8)12/h3-7H,2H2,1H3. The van der Waals surface area contributed by atoms with Gasteiger partial charge in [-0.1, -0.05) is 0 Å². The highest BCUT2D eigenvalue weighted by atomic mass is 16.5. The summed E-state index contributed by atoms with van der Waals surface area (Å²) in [5.74, 6) is 0.631. The molecule has 0 aromatic carbocycles. The minimum Gasteiger partial charge on any atom is -0.449 e. The van der Waals surface area contributed by atoms with Crippen molar-refractivity contribution in [1.82, 2.24) is 9.55 Å². The molecule has 4 heteroatoms. The topological polar surface area (TPSA) is 44.1 Å². The fourth-order valence-electron chi connectivity index (χ4n) is 1.31. The van der Waals surface area contributed by atoms with Crippen molar-refractivity contribution in [3.05, 3.63) is 30.6 Å². The second-order valence-electron chi connectivity index (χ2n) is 2.80. The highest BCUT2D eigenvalue weighted by Gasteiger charge is 2.13. The average Bonchev–Trinajstić information content (AvgIpc) is 2.65. The van der Waals surface area contributed by atoms with Crippen molar-refractivity contribution in [2.45, 2.75) is 6.92 Å². The van der Waals surface area contributed by atoms with E-state index >= 15 is 0 Å². The molecule has 0 saturated heterocycles. The lowest BCUT2D eigenvalue weighted by molar-refractivity contribution is 0.154. The highest BCUT2D eigenvalue weighted by Crippen LogP contribution is 2.18. The summed E-state index contributed by atoms with van der Waals surface area (Å²) in [4.78, 5) is 15.5. The van der Waals surface area contributed by atoms with Gasteiger partial charge in [-0.25, -0.2) is 14.3 Å². The summed E-state index contributed by atoms with van der Waals surface area (Å²) in [7, 11) is 0. The smallest absolute Gasteiger partial charge is 0.419 e.